The van der Waals surface area contributed by atoms with Gasteiger partial charge in [-0.05, 0) is 77.0 Å². The van der Waals surface area contributed by atoms with E-state index in [1.165, 1.54) is 161 Å². The fraction of sp³-hybridized carbons (Fsp3) is 0.750. The molecule has 1 amide bonds. The van der Waals surface area contributed by atoms with Gasteiger partial charge in [0.15, 0.2) is 0 Å². The van der Waals surface area contributed by atoms with Crippen molar-refractivity contribution in [3.63, 3.8) is 0 Å². The molecule has 0 saturated heterocycles. The number of hydrogen-bond acceptors (Lipinski definition) is 5. The van der Waals surface area contributed by atoms with Crippen LogP contribution in [0, 0.1) is 0 Å². The van der Waals surface area contributed by atoms with Gasteiger partial charge in [-0.25, -0.2) is 0 Å². The highest BCUT2D eigenvalue weighted by atomic mass is 16.5. The quantitative estimate of drug-likeness (QED) is 0.0244. The zero-order chi connectivity index (χ0) is 50.9. The van der Waals surface area contributed by atoms with Gasteiger partial charge in [0.1, 0.15) is 6.10 Å². The normalized spacial score (nSPS) is 13.7. The molecule has 3 N–H and O–H groups in total. The van der Waals surface area contributed by atoms with E-state index in [1.54, 1.807) is 0 Å². The predicted molar refractivity (Wildman–Crippen MR) is 305 cm³/mol. The predicted octanol–water partition coefficient (Wildman–Crippen LogP) is 18.7. The largest absolute Gasteiger partial charge is 0.462 e. The lowest BCUT2D eigenvalue weighted by atomic mass is 10.0. The minimum atomic E-state index is -0.806. The maximum absolute atomic E-state index is 13.3. The van der Waals surface area contributed by atoms with E-state index in [9.17, 15) is 19.8 Å². The third kappa shape index (κ3) is 51.4. The van der Waals surface area contributed by atoms with Crippen LogP contribution >= 0.6 is 0 Å². The molecule has 0 fully saturated rings. The molecule has 6 nitrogen and oxygen atoms in total. The summed E-state index contributed by atoms with van der Waals surface area (Å²) in [5, 5.41) is 23.9. The SMILES string of the molecule is CCC/C=C/C=C/C=C/C=C/C=C/CCCCCC(CC(=O)NC(CO)C(O)CCCCCCCCCCCCCCCCCC)OC(=O)CCCCCCCCCCC/C=C\C/C=C\CCCCC. The lowest BCUT2D eigenvalue weighted by Gasteiger charge is -2.24. The van der Waals surface area contributed by atoms with Crippen molar-refractivity contribution < 1.29 is 24.5 Å². The van der Waals surface area contributed by atoms with E-state index in [0.29, 0.717) is 19.3 Å². The maximum atomic E-state index is 13.3. The molecule has 0 bridgehead atoms. The number of ether oxygens (including phenoxy) is 1. The maximum Gasteiger partial charge on any atom is 0.306 e. The first kappa shape index (κ1) is 67.0. The molecular weight excluding hydrogens is 863 g/mol. The van der Waals surface area contributed by atoms with Crippen molar-refractivity contribution in [2.24, 2.45) is 0 Å². The van der Waals surface area contributed by atoms with E-state index < -0.39 is 18.2 Å². The van der Waals surface area contributed by atoms with Crippen LogP contribution in [0.15, 0.2) is 85.1 Å². The number of amides is 1. The molecular formula is C64H113NO5. The zero-order valence-electron chi connectivity index (χ0n) is 46.1. The lowest BCUT2D eigenvalue weighted by molar-refractivity contribution is -0.151. The van der Waals surface area contributed by atoms with Crippen LogP contribution in [-0.2, 0) is 14.3 Å². The smallest absolute Gasteiger partial charge is 0.306 e. The summed E-state index contributed by atoms with van der Waals surface area (Å²) in [4.78, 5) is 26.3. The molecule has 0 aromatic heterocycles. The first-order valence-corrected chi connectivity index (χ1v) is 29.9. The Morgan fingerprint density at radius 3 is 1.31 bits per heavy atom. The van der Waals surface area contributed by atoms with Gasteiger partial charge >= 0.3 is 5.97 Å². The Morgan fingerprint density at radius 1 is 0.429 bits per heavy atom. The second kappa shape index (κ2) is 56.9. The van der Waals surface area contributed by atoms with Crippen LogP contribution in [0.5, 0.6) is 0 Å². The lowest BCUT2D eigenvalue weighted by Crippen LogP contribution is -2.46. The third-order valence-electron chi connectivity index (χ3n) is 13.3. The van der Waals surface area contributed by atoms with Crippen molar-refractivity contribution in [1.82, 2.24) is 5.32 Å². The molecule has 70 heavy (non-hydrogen) atoms. The molecule has 0 aliphatic heterocycles. The van der Waals surface area contributed by atoms with Crippen molar-refractivity contribution in [2.75, 3.05) is 6.61 Å². The number of rotatable bonds is 53. The van der Waals surface area contributed by atoms with Gasteiger partial charge in [0.05, 0.1) is 25.2 Å². The van der Waals surface area contributed by atoms with Crippen LogP contribution in [0.2, 0.25) is 0 Å². The summed E-state index contributed by atoms with van der Waals surface area (Å²) in [6.45, 7) is 6.38. The number of carbonyl (C=O) groups excluding carboxylic acids is 2. The van der Waals surface area contributed by atoms with Crippen molar-refractivity contribution in [2.45, 2.75) is 302 Å². The van der Waals surface area contributed by atoms with Gasteiger partial charge in [0, 0.05) is 6.42 Å². The van der Waals surface area contributed by atoms with E-state index in [1.807, 2.05) is 36.5 Å². The molecule has 3 atom stereocenters. The topological polar surface area (TPSA) is 95.9 Å². The summed E-state index contributed by atoms with van der Waals surface area (Å²) >= 11 is 0. The number of nitrogens with one attached hydrogen (secondary N) is 1. The summed E-state index contributed by atoms with van der Waals surface area (Å²) in [6, 6.07) is -0.722. The summed E-state index contributed by atoms with van der Waals surface area (Å²) in [5.74, 6) is -0.517. The Balaban J connectivity index is 4.62. The number of aliphatic hydroxyl groups is 2. The second-order valence-electron chi connectivity index (χ2n) is 20.2. The second-order valence-corrected chi connectivity index (χ2v) is 20.2. The minimum absolute atomic E-state index is 0.0449. The van der Waals surface area contributed by atoms with E-state index in [2.05, 4.69) is 74.7 Å². The molecule has 0 aromatic rings. The first-order chi connectivity index (χ1) is 34.5. The summed E-state index contributed by atoms with van der Waals surface area (Å²) in [7, 11) is 0. The molecule has 0 heterocycles. The van der Waals surface area contributed by atoms with Gasteiger partial charge < -0.3 is 20.3 Å². The molecule has 0 spiro atoms. The fourth-order valence-corrected chi connectivity index (χ4v) is 8.79. The third-order valence-corrected chi connectivity index (χ3v) is 13.3. The molecule has 0 aliphatic carbocycles. The minimum Gasteiger partial charge on any atom is -0.462 e. The Labute approximate surface area is 433 Å². The number of carbonyl (C=O) groups is 2. The van der Waals surface area contributed by atoms with Crippen LogP contribution in [0.1, 0.15) is 284 Å². The number of unbranched alkanes of at least 4 members (excludes halogenated alkanes) is 31. The standard InChI is InChI=1S/C64H113NO5/c1-4-7-10-13-16-19-22-25-28-31-32-33-36-39-42-45-48-51-54-57-64(69)70-60(55-52-49-46-43-40-37-34-29-26-23-20-17-14-11-8-5-2)58-63(68)65-61(59-66)62(67)56-53-50-47-44-41-38-35-30-27-24-21-18-15-12-9-6-3/h11,14,16-17,19-20,23,25-26,28-29,34,37,40,60-62,66-67H,4-10,12-13,15,18,21-22,24,27,30-33,35-36,38-39,41-59H2,1-3H3,(H,65,68)/b14-11+,19-16-,20-17+,26-23+,28-25-,34-29+,40-37+. The molecule has 404 valence electrons. The van der Waals surface area contributed by atoms with Crippen LogP contribution in [0.3, 0.4) is 0 Å². The number of hydrogen-bond donors (Lipinski definition) is 3. The fourth-order valence-electron chi connectivity index (χ4n) is 8.79. The van der Waals surface area contributed by atoms with Gasteiger partial charge in [-0.15, -0.1) is 0 Å². The van der Waals surface area contributed by atoms with Crippen molar-refractivity contribution >= 4 is 11.9 Å². The van der Waals surface area contributed by atoms with Crippen LogP contribution in [0.25, 0.3) is 0 Å². The van der Waals surface area contributed by atoms with E-state index >= 15 is 0 Å². The molecule has 0 aliphatic rings. The highest BCUT2D eigenvalue weighted by molar-refractivity contribution is 5.77. The average molecular weight is 977 g/mol. The molecule has 0 saturated carbocycles. The van der Waals surface area contributed by atoms with Crippen LogP contribution in [-0.4, -0.2) is 46.9 Å². The van der Waals surface area contributed by atoms with Gasteiger partial charge in [-0.2, -0.15) is 0 Å². The highest BCUT2D eigenvalue weighted by Crippen LogP contribution is 2.18. The van der Waals surface area contributed by atoms with Gasteiger partial charge in [-0.1, -0.05) is 279 Å². The van der Waals surface area contributed by atoms with Gasteiger partial charge in [0.2, 0.25) is 5.91 Å². The average Bonchev–Trinajstić information content (AvgIpc) is 3.35. The molecule has 0 radical (unpaired) electrons. The van der Waals surface area contributed by atoms with Crippen LogP contribution in [0.4, 0.5) is 0 Å². The van der Waals surface area contributed by atoms with Crippen molar-refractivity contribution in [1.29, 1.82) is 0 Å². The molecule has 0 rings (SSSR count). The van der Waals surface area contributed by atoms with Gasteiger partial charge in [0.25, 0.3) is 0 Å². The summed E-state index contributed by atoms with van der Waals surface area (Å²) < 4.78 is 5.95. The van der Waals surface area contributed by atoms with Crippen LogP contribution < -0.4 is 5.32 Å². The van der Waals surface area contributed by atoms with Gasteiger partial charge in [-0.3, -0.25) is 9.59 Å². The summed E-state index contributed by atoms with van der Waals surface area (Å²) in [5.41, 5.74) is 0. The molecule has 0 aromatic carbocycles. The monoisotopic (exact) mass is 976 g/mol. The van der Waals surface area contributed by atoms with Crippen molar-refractivity contribution in [3.05, 3.63) is 85.1 Å². The molecule has 3 unspecified atom stereocenters. The number of allylic oxidation sites excluding steroid dienone is 14. The number of aliphatic hydroxyl groups excluding tert-OH is 2. The van der Waals surface area contributed by atoms with E-state index in [0.717, 1.165) is 77.0 Å². The first-order valence-electron chi connectivity index (χ1n) is 29.9. The van der Waals surface area contributed by atoms with E-state index in [-0.39, 0.29) is 24.9 Å². The Hall–Kier alpha value is -2.96. The zero-order valence-corrected chi connectivity index (χ0v) is 46.1. The number of esters is 1. The summed E-state index contributed by atoms with van der Waals surface area (Å²) in [6.07, 6.45) is 75.0. The highest BCUT2D eigenvalue weighted by Gasteiger charge is 2.24. The Kier molecular flexibility index (Phi) is 54.5. The molecule has 6 heteroatoms. The Bertz CT molecular complexity index is 1330. The van der Waals surface area contributed by atoms with Crippen molar-refractivity contribution in [3.8, 4) is 0 Å². The van der Waals surface area contributed by atoms with E-state index in [4.69, 9.17) is 4.74 Å². The Morgan fingerprint density at radius 2 is 0.814 bits per heavy atom.